The number of hydrogen-bond acceptors (Lipinski definition) is 2. The summed E-state index contributed by atoms with van der Waals surface area (Å²) >= 11 is 0. The third kappa shape index (κ3) is 1.11. The molecule has 16 heavy (non-hydrogen) atoms. The average molecular weight is 211 g/mol. The fourth-order valence-electron chi connectivity index (χ4n) is 1.80. The van der Waals surface area contributed by atoms with E-state index in [0.717, 1.165) is 0 Å². The van der Waals surface area contributed by atoms with Crippen LogP contribution in [-0.2, 0) is 5.11 Å². The predicted molar refractivity (Wildman–Crippen MR) is 60.1 cm³/mol. The van der Waals surface area contributed by atoms with Crippen LogP contribution in [0.3, 0.4) is 0 Å². The smallest absolute Gasteiger partial charge is 0.221 e. The van der Waals surface area contributed by atoms with Gasteiger partial charge < -0.3 is 4.42 Å². The van der Waals surface area contributed by atoms with Gasteiger partial charge in [0, 0.05) is 0 Å². The molecule has 1 radical (unpaired) electrons. The molecule has 1 aromatic heterocycles. The third-order valence-corrected chi connectivity index (χ3v) is 2.57. The number of benzene rings is 2. The van der Waals surface area contributed by atoms with Crippen LogP contribution < -0.4 is 5.43 Å². The molecule has 0 saturated carbocycles. The lowest BCUT2D eigenvalue weighted by atomic mass is 10.1. The largest absolute Gasteiger partial charge is 0.452 e. The lowest BCUT2D eigenvalue weighted by Gasteiger charge is -2.00. The van der Waals surface area contributed by atoms with E-state index in [4.69, 9.17) is 4.42 Å². The monoisotopic (exact) mass is 211 g/mol. The van der Waals surface area contributed by atoms with Gasteiger partial charge in [-0.25, -0.2) is 0 Å². The topological polar surface area (TPSA) is 50.1 Å². The highest BCUT2D eigenvalue weighted by Gasteiger charge is 2.10. The molecule has 1 heterocycles. The molecule has 0 bridgehead atoms. The number of fused-ring (bicyclic) bond motifs is 2. The van der Waals surface area contributed by atoms with E-state index in [1.54, 1.807) is 36.4 Å². The molecule has 3 nitrogen and oxygen atoms in total. The fraction of sp³-hybridized carbons (Fsp3) is 0. The maximum Gasteiger partial charge on any atom is 0.221 e. The first-order chi connectivity index (χ1) is 7.77. The normalized spacial score (nSPS) is 11.0. The van der Waals surface area contributed by atoms with Gasteiger partial charge in [-0.3, -0.25) is 9.90 Å². The lowest BCUT2D eigenvalue weighted by Crippen LogP contribution is -2.01. The molecule has 3 aromatic rings. The SMILES string of the molecule is [O]c1cccc2c(=O)c3ccccc3oc12. The molecule has 0 N–H and O–H groups in total. The van der Waals surface area contributed by atoms with Crippen molar-refractivity contribution < 1.29 is 9.52 Å². The van der Waals surface area contributed by atoms with E-state index in [1.165, 1.54) is 6.07 Å². The van der Waals surface area contributed by atoms with Gasteiger partial charge in [-0.15, -0.1) is 0 Å². The van der Waals surface area contributed by atoms with Crippen molar-refractivity contribution in [1.29, 1.82) is 0 Å². The molecule has 0 amide bonds. The van der Waals surface area contributed by atoms with Crippen LogP contribution in [0.2, 0.25) is 0 Å². The van der Waals surface area contributed by atoms with Crippen molar-refractivity contribution in [2.45, 2.75) is 0 Å². The Balaban J connectivity index is 2.67. The van der Waals surface area contributed by atoms with Gasteiger partial charge in [0.1, 0.15) is 5.58 Å². The van der Waals surface area contributed by atoms with Crippen molar-refractivity contribution in [1.82, 2.24) is 0 Å². The first-order valence-corrected chi connectivity index (χ1v) is 4.89. The summed E-state index contributed by atoms with van der Waals surface area (Å²) in [5.74, 6) is -0.264. The van der Waals surface area contributed by atoms with E-state index in [0.29, 0.717) is 16.4 Å². The van der Waals surface area contributed by atoms with E-state index in [1.807, 2.05) is 0 Å². The van der Waals surface area contributed by atoms with Crippen LogP contribution in [0.25, 0.3) is 21.9 Å². The van der Waals surface area contributed by atoms with E-state index in [-0.39, 0.29) is 16.8 Å². The van der Waals surface area contributed by atoms with Gasteiger partial charge in [0.2, 0.25) is 11.2 Å². The molecular weight excluding hydrogens is 204 g/mol. The van der Waals surface area contributed by atoms with Crippen molar-refractivity contribution in [2.24, 2.45) is 0 Å². The second-order valence-corrected chi connectivity index (χ2v) is 3.56. The molecule has 0 unspecified atom stereocenters. The molecule has 0 spiro atoms. The van der Waals surface area contributed by atoms with Crippen LogP contribution in [0.15, 0.2) is 51.7 Å². The number of para-hydroxylation sites is 2. The molecule has 0 atom stereocenters. The molecule has 0 saturated heterocycles. The van der Waals surface area contributed by atoms with Gasteiger partial charge >= 0.3 is 0 Å². The fourth-order valence-corrected chi connectivity index (χ4v) is 1.80. The Morgan fingerprint density at radius 3 is 2.50 bits per heavy atom. The van der Waals surface area contributed by atoms with Gasteiger partial charge in [-0.1, -0.05) is 18.2 Å². The minimum atomic E-state index is -0.264. The summed E-state index contributed by atoms with van der Waals surface area (Å²) in [6.45, 7) is 0. The van der Waals surface area contributed by atoms with Crippen LogP contribution in [0.4, 0.5) is 0 Å². The van der Waals surface area contributed by atoms with Gasteiger partial charge in [-0.2, -0.15) is 0 Å². The van der Waals surface area contributed by atoms with Crippen LogP contribution >= 0.6 is 0 Å². The first-order valence-electron chi connectivity index (χ1n) is 4.89. The summed E-state index contributed by atoms with van der Waals surface area (Å²) in [4.78, 5) is 12.0. The summed E-state index contributed by atoms with van der Waals surface area (Å²) in [5, 5.41) is 12.4. The second-order valence-electron chi connectivity index (χ2n) is 3.56. The van der Waals surface area contributed by atoms with Crippen LogP contribution in [0, 0.1) is 0 Å². The summed E-state index contributed by atoms with van der Waals surface area (Å²) in [5.41, 5.74) is 0.420. The van der Waals surface area contributed by atoms with Crippen LogP contribution in [0.1, 0.15) is 0 Å². The highest BCUT2D eigenvalue weighted by Crippen LogP contribution is 2.25. The molecule has 3 rings (SSSR count). The highest BCUT2D eigenvalue weighted by molar-refractivity contribution is 5.92. The Hall–Kier alpha value is -2.29. The van der Waals surface area contributed by atoms with Gasteiger partial charge in [0.05, 0.1) is 10.8 Å². The Labute approximate surface area is 90.6 Å². The van der Waals surface area contributed by atoms with E-state index in [9.17, 15) is 9.90 Å². The number of hydrogen-bond donors (Lipinski definition) is 0. The van der Waals surface area contributed by atoms with Crippen molar-refractivity contribution in [3.05, 3.63) is 52.7 Å². The molecule has 0 aliphatic carbocycles. The minimum absolute atomic E-state index is 0.131. The summed E-state index contributed by atoms with van der Waals surface area (Å²) < 4.78 is 5.45. The molecule has 0 fully saturated rings. The van der Waals surface area contributed by atoms with Crippen molar-refractivity contribution in [2.75, 3.05) is 0 Å². The molecule has 0 aliphatic rings. The standard InChI is InChI=1S/C13H7O3/c14-10-6-3-5-9-12(15)8-4-1-2-7-11(8)16-13(9)10/h1-7H. The Kier molecular flexibility index (Phi) is 1.74. The third-order valence-electron chi connectivity index (χ3n) is 2.57. The zero-order valence-electron chi connectivity index (χ0n) is 8.27. The van der Waals surface area contributed by atoms with Crippen molar-refractivity contribution in [3.63, 3.8) is 0 Å². The Bertz CT molecular complexity index is 741. The molecule has 3 heteroatoms. The predicted octanol–water partition coefficient (Wildman–Crippen LogP) is 3.09. The van der Waals surface area contributed by atoms with Gasteiger partial charge in [0.15, 0.2) is 5.58 Å². The van der Waals surface area contributed by atoms with Gasteiger partial charge in [0.25, 0.3) is 0 Å². The minimum Gasteiger partial charge on any atom is -0.452 e. The lowest BCUT2D eigenvalue weighted by molar-refractivity contribution is 0.353. The average Bonchev–Trinajstić information content (AvgIpc) is 2.31. The molecule has 77 valence electrons. The maximum atomic E-state index is 12.0. The summed E-state index contributed by atoms with van der Waals surface area (Å²) in [6.07, 6.45) is 0. The van der Waals surface area contributed by atoms with Crippen LogP contribution in [-0.4, -0.2) is 0 Å². The first kappa shape index (κ1) is 8.97. The summed E-state index contributed by atoms with van der Waals surface area (Å²) in [7, 11) is 0. The van der Waals surface area contributed by atoms with E-state index in [2.05, 4.69) is 0 Å². The zero-order chi connectivity index (χ0) is 11.1. The highest BCUT2D eigenvalue weighted by atomic mass is 16.4. The van der Waals surface area contributed by atoms with E-state index >= 15 is 0 Å². The maximum absolute atomic E-state index is 12.0. The Morgan fingerprint density at radius 2 is 1.62 bits per heavy atom. The Morgan fingerprint density at radius 1 is 0.875 bits per heavy atom. The van der Waals surface area contributed by atoms with Crippen molar-refractivity contribution in [3.8, 4) is 5.75 Å². The molecule has 0 aliphatic heterocycles. The zero-order valence-corrected chi connectivity index (χ0v) is 8.27. The number of rotatable bonds is 0. The van der Waals surface area contributed by atoms with Crippen molar-refractivity contribution >= 4 is 21.9 Å². The quantitative estimate of drug-likeness (QED) is 0.536. The summed E-state index contributed by atoms with van der Waals surface area (Å²) in [6, 6.07) is 11.5. The van der Waals surface area contributed by atoms with Crippen LogP contribution in [0.5, 0.6) is 5.75 Å². The second kappa shape index (κ2) is 3.10. The van der Waals surface area contributed by atoms with E-state index < -0.39 is 0 Å². The molecular formula is C13H7O3. The molecule has 2 aromatic carbocycles. The van der Waals surface area contributed by atoms with Gasteiger partial charge in [-0.05, 0) is 24.3 Å².